The van der Waals surface area contributed by atoms with Gasteiger partial charge in [-0.25, -0.2) is 0 Å². The number of rotatable bonds is 2. The Balaban J connectivity index is 1.80. The molecule has 1 N–H and O–H groups in total. The third-order valence-electron chi connectivity index (χ3n) is 5.32. The fraction of sp³-hybridized carbons (Fsp3) is 0.238. The molecule has 0 bridgehead atoms. The van der Waals surface area contributed by atoms with Crippen LogP contribution in [0, 0.1) is 0 Å². The molecular formula is C21H20NO4+. The Kier molecular flexibility index (Phi) is 3.27. The van der Waals surface area contributed by atoms with E-state index in [2.05, 4.69) is 37.4 Å². The third-order valence-corrected chi connectivity index (χ3v) is 5.32. The highest BCUT2D eigenvalue weighted by molar-refractivity contribution is 6.01. The standard InChI is InChI=1S/C21H19NO4/c1-22-10-16-13(6-7-17(23-2)21(16)24-3)14-5-4-12-8-18-19(26-11-25-18)9-15(12)20(14)22/h4-9H,10-11H2,1-3H3/p+1. The number of quaternary nitrogens is 1. The minimum absolute atomic E-state index is 0.288. The summed E-state index contributed by atoms with van der Waals surface area (Å²) >= 11 is 0. The molecule has 132 valence electrons. The summed E-state index contributed by atoms with van der Waals surface area (Å²) in [5.74, 6) is 3.22. The van der Waals surface area contributed by atoms with Crippen molar-refractivity contribution in [3.63, 3.8) is 0 Å². The molecule has 1 atom stereocenters. The molecule has 0 fully saturated rings. The highest BCUT2D eigenvalue weighted by Gasteiger charge is 2.31. The summed E-state index contributed by atoms with van der Waals surface area (Å²) in [5, 5.41) is 2.36. The van der Waals surface area contributed by atoms with Crippen molar-refractivity contribution in [3.8, 4) is 34.1 Å². The maximum Gasteiger partial charge on any atom is 0.231 e. The normalized spacial score (nSPS) is 17.0. The highest BCUT2D eigenvalue weighted by Crippen LogP contribution is 2.45. The van der Waals surface area contributed by atoms with Crippen LogP contribution in [0.25, 0.3) is 21.9 Å². The number of methoxy groups -OCH3 is 2. The topological polar surface area (TPSA) is 41.4 Å². The van der Waals surface area contributed by atoms with Crippen molar-refractivity contribution in [2.24, 2.45) is 0 Å². The molecule has 26 heavy (non-hydrogen) atoms. The number of hydrogen-bond acceptors (Lipinski definition) is 4. The first kappa shape index (κ1) is 15.3. The molecule has 5 heteroatoms. The van der Waals surface area contributed by atoms with E-state index < -0.39 is 0 Å². The van der Waals surface area contributed by atoms with Crippen molar-refractivity contribution in [2.45, 2.75) is 6.54 Å². The quantitative estimate of drug-likeness (QED) is 0.772. The molecule has 0 saturated heterocycles. The lowest BCUT2D eigenvalue weighted by molar-refractivity contribution is -0.824. The molecule has 3 aromatic rings. The zero-order valence-electron chi connectivity index (χ0n) is 15.0. The average molecular weight is 350 g/mol. The van der Waals surface area contributed by atoms with Crippen LogP contribution in [-0.4, -0.2) is 28.1 Å². The van der Waals surface area contributed by atoms with E-state index in [4.69, 9.17) is 18.9 Å². The van der Waals surface area contributed by atoms with E-state index in [9.17, 15) is 0 Å². The van der Waals surface area contributed by atoms with Crippen molar-refractivity contribution in [1.82, 2.24) is 0 Å². The minimum Gasteiger partial charge on any atom is -0.493 e. The van der Waals surface area contributed by atoms with Crippen molar-refractivity contribution in [2.75, 3.05) is 28.1 Å². The summed E-state index contributed by atoms with van der Waals surface area (Å²) in [6.07, 6.45) is 0. The van der Waals surface area contributed by atoms with Crippen LogP contribution in [-0.2, 0) is 6.54 Å². The maximum absolute atomic E-state index is 5.67. The number of benzene rings is 3. The molecule has 5 nitrogen and oxygen atoms in total. The molecule has 3 aromatic carbocycles. The van der Waals surface area contributed by atoms with Gasteiger partial charge in [-0.15, -0.1) is 0 Å². The Morgan fingerprint density at radius 2 is 1.69 bits per heavy atom. The van der Waals surface area contributed by atoms with E-state index in [1.54, 1.807) is 14.2 Å². The van der Waals surface area contributed by atoms with Crippen LogP contribution in [0.3, 0.4) is 0 Å². The fourth-order valence-electron chi connectivity index (χ4n) is 4.17. The van der Waals surface area contributed by atoms with Gasteiger partial charge in [-0.3, -0.25) is 4.90 Å². The molecule has 2 aliphatic rings. The molecule has 5 rings (SSSR count). The van der Waals surface area contributed by atoms with Crippen molar-refractivity contribution < 1.29 is 23.8 Å². The molecular weight excluding hydrogens is 330 g/mol. The van der Waals surface area contributed by atoms with E-state index in [-0.39, 0.29) is 6.79 Å². The van der Waals surface area contributed by atoms with Crippen LogP contribution in [0.1, 0.15) is 5.56 Å². The van der Waals surface area contributed by atoms with Crippen molar-refractivity contribution in [1.29, 1.82) is 0 Å². The van der Waals surface area contributed by atoms with Gasteiger partial charge in [0.25, 0.3) is 0 Å². The van der Waals surface area contributed by atoms with Crippen LogP contribution in [0.2, 0.25) is 0 Å². The lowest BCUT2D eigenvalue weighted by Crippen LogP contribution is -3.03. The lowest BCUT2D eigenvalue weighted by Gasteiger charge is -2.28. The van der Waals surface area contributed by atoms with E-state index >= 15 is 0 Å². The van der Waals surface area contributed by atoms with E-state index in [1.807, 2.05) is 6.07 Å². The van der Waals surface area contributed by atoms with E-state index in [1.165, 1.54) is 32.7 Å². The van der Waals surface area contributed by atoms with Gasteiger partial charge in [0.15, 0.2) is 23.0 Å². The maximum atomic E-state index is 5.67. The SMILES string of the molecule is COc1ccc2c(c1OC)C[NH+](C)c1c-2ccc2cc3c(cc12)OCO3. The summed E-state index contributed by atoms with van der Waals surface area (Å²) in [7, 11) is 5.56. The second-order valence-electron chi connectivity index (χ2n) is 6.70. The molecule has 0 aliphatic carbocycles. The third kappa shape index (κ3) is 2.01. The zero-order valence-corrected chi connectivity index (χ0v) is 15.0. The second kappa shape index (κ2) is 5.54. The van der Waals surface area contributed by atoms with Gasteiger partial charge in [-0.05, 0) is 35.7 Å². The Labute approximate surface area is 151 Å². The number of nitrogens with one attached hydrogen (secondary N) is 1. The largest absolute Gasteiger partial charge is 0.493 e. The lowest BCUT2D eigenvalue weighted by atomic mass is 9.90. The van der Waals surface area contributed by atoms with Gasteiger partial charge in [0.2, 0.25) is 6.79 Å². The Morgan fingerprint density at radius 3 is 2.46 bits per heavy atom. The summed E-state index contributed by atoms with van der Waals surface area (Å²) in [6.45, 7) is 1.12. The molecule has 0 amide bonds. The van der Waals surface area contributed by atoms with E-state index in [0.717, 1.165) is 34.9 Å². The first-order valence-corrected chi connectivity index (χ1v) is 8.64. The van der Waals surface area contributed by atoms with Crippen molar-refractivity contribution in [3.05, 3.63) is 42.0 Å². The number of fused-ring (bicyclic) bond motifs is 6. The van der Waals surface area contributed by atoms with Gasteiger partial charge < -0.3 is 18.9 Å². The molecule has 0 radical (unpaired) electrons. The molecule has 2 aliphatic heterocycles. The van der Waals surface area contributed by atoms with Crippen LogP contribution in [0.15, 0.2) is 36.4 Å². The Morgan fingerprint density at radius 1 is 0.923 bits per heavy atom. The Bertz CT molecular complexity index is 1040. The molecule has 0 spiro atoms. The van der Waals surface area contributed by atoms with Gasteiger partial charge in [0, 0.05) is 16.5 Å². The first-order valence-electron chi connectivity index (χ1n) is 8.64. The van der Waals surface area contributed by atoms with Crippen LogP contribution < -0.4 is 23.8 Å². The second-order valence-corrected chi connectivity index (χ2v) is 6.70. The smallest absolute Gasteiger partial charge is 0.231 e. The zero-order chi connectivity index (χ0) is 17.8. The fourth-order valence-corrected chi connectivity index (χ4v) is 4.17. The van der Waals surface area contributed by atoms with Gasteiger partial charge in [-0.2, -0.15) is 0 Å². The molecule has 1 unspecified atom stereocenters. The van der Waals surface area contributed by atoms with Gasteiger partial charge in [0.05, 0.1) is 26.8 Å². The summed E-state index contributed by atoms with van der Waals surface area (Å²) in [4.78, 5) is 1.31. The highest BCUT2D eigenvalue weighted by atomic mass is 16.7. The molecule has 0 saturated carbocycles. The average Bonchev–Trinajstić information content (AvgIpc) is 3.12. The molecule has 0 aromatic heterocycles. The summed E-state index contributed by atoms with van der Waals surface area (Å²) in [6, 6.07) is 12.6. The van der Waals surface area contributed by atoms with Crippen LogP contribution in [0.5, 0.6) is 23.0 Å². The number of ether oxygens (including phenoxy) is 4. The monoisotopic (exact) mass is 350 g/mol. The van der Waals surface area contributed by atoms with E-state index in [0.29, 0.717) is 0 Å². The Hall–Kier alpha value is -2.92. The minimum atomic E-state index is 0.288. The van der Waals surface area contributed by atoms with Gasteiger partial charge in [0.1, 0.15) is 12.2 Å². The van der Waals surface area contributed by atoms with Crippen LogP contribution in [0.4, 0.5) is 5.69 Å². The van der Waals surface area contributed by atoms with Crippen LogP contribution >= 0.6 is 0 Å². The van der Waals surface area contributed by atoms with Gasteiger partial charge in [-0.1, -0.05) is 6.07 Å². The first-order chi connectivity index (χ1) is 12.7. The predicted octanol–water partition coefficient (Wildman–Crippen LogP) is 2.91. The predicted molar refractivity (Wildman–Crippen MR) is 98.9 cm³/mol. The number of hydrogen-bond donors (Lipinski definition) is 1. The summed E-state index contributed by atoms with van der Waals surface area (Å²) < 4.78 is 22.3. The van der Waals surface area contributed by atoms with Crippen molar-refractivity contribution >= 4 is 16.5 Å². The van der Waals surface area contributed by atoms with Gasteiger partial charge >= 0.3 is 0 Å². The molecule has 2 heterocycles. The summed E-state index contributed by atoms with van der Waals surface area (Å²) in [5.41, 5.74) is 4.87.